The van der Waals surface area contributed by atoms with E-state index in [1.165, 1.54) is 5.56 Å². The van der Waals surface area contributed by atoms with Crippen molar-refractivity contribution in [3.8, 4) is 0 Å². The van der Waals surface area contributed by atoms with E-state index in [4.69, 9.17) is 0 Å². The number of benzene rings is 1. The fourth-order valence-corrected chi connectivity index (χ4v) is 2.71. The number of rotatable bonds is 2. The molecule has 1 aliphatic rings. The molecule has 1 N–H and O–H groups in total. The van der Waals surface area contributed by atoms with Crippen LogP contribution in [0.25, 0.3) is 0 Å². The van der Waals surface area contributed by atoms with Crippen molar-refractivity contribution in [1.82, 2.24) is 10.2 Å². The Morgan fingerprint density at radius 2 is 1.65 bits per heavy atom. The Balaban J connectivity index is 0. The van der Waals surface area contributed by atoms with E-state index in [1.54, 1.807) is 6.92 Å². The van der Waals surface area contributed by atoms with Crippen molar-refractivity contribution in [3.05, 3.63) is 35.9 Å². The van der Waals surface area contributed by atoms with Crippen LogP contribution in [0.5, 0.6) is 0 Å². The molecule has 1 aliphatic heterocycles. The minimum Gasteiger partial charge on any atom is -1.00 e. The zero-order chi connectivity index (χ0) is 12.3. The summed E-state index contributed by atoms with van der Waals surface area (Å²) < 4.78 is 0. The molecule has 0 atom stereocenters. The molecule has 108 valence electrons. The van der Waals surface area contributed by atoms with E-state index < -0.39 is 0 Å². The van der Waals surface area contributed by atoms with Crippen LogP contribution >= 0.6 is 0 Å². The smallest absolute Gasteiger partial charge is 1.00 e. The van der Waals surface area contributed by atoms with Crippen molar-refractivity contribution in [2.24, 2.45) is 0 Å². The second-order valence-electron chi connectivity index (χ2n) is 4.73. The van der Waals surface area contributed by atoms with E-state index in [2.05, 4.69) is 17.4 Å². The molecule has 0 unspecified atom stereocenters. The van der Waals surface area contributed by atoms with Crippen molar-refractivity contribution < 1.29 is 49.1 Å². The van der Waals surface area contributed by atoms with Gasteiger partial charge in [0.1, 0.15) is 0 Å². The molecule has 0 aliphatic carbocycles. The SMILES string of the molecule is CC(=O)N(C)C1(c2ccccc2)CCNCC1.[Cl-].[Cl-].[Zn+2]. The first-order valence-corrected chi connectivity index (χ1v) is 6.17. The molecular formula is C14H20Cl2N2OZn. The number of nitrogens with one attached hydrogen (secondary N) is 1. The summed E-state index contributed by atoms with van der Waals surface area (Å²) in [6.07, 6.45) is 1.96. The van der Waals surface area contributed by atoms with Crippen LogP contribution in [0.1, 0.15) is 25.3 Å². The number of carbonyl (C=O) groups is 1. The number of hydrogen-bond donors (Lipinski definition) is 1. The molecule has 0 radical (unpaired) electrons. The van der Waals surface area contributed by atoms with Gasteiger partial charge in [0.25, 0.3) is 0 Å². The first kappa shape index (κ1) is 22.1. The van der Waals surface area contributed by atoms with Gasteiger partial charge in [0.2, 0.25) is 5.91 Å². The summed E-state index contributed by atoms with van der Waals surface area (Å²) in [5, 5.41) is 3.37. The summed E-state index contributed by atoms with van der Waals surface area (Å²) in [6.45, 7) is 3.58. The Kier molecular flexibility index (Phi) is 10.8. The number of amides is 1. The van der Waals surface area contributed by atoms with Gasteiger partial charge < -0.3 is 35.0 Å². The van der Waals surface area contributed by atoms with Crippen LogP contribution in [0.4, 0.5) is 0 Å². The molecule has 3 nitrogen and oxygen atoms in total. The maximum atomic E-state index is 11.7. The molecule has 1 saturated heterocycles. The Morgan fingerprint density at radius 3 is 2.10 bits per heavy atom. The Labute approximate surface area is 146 Å². The molecule has 1 amide bonds. The fraction of sp³-hybridized carbons (Fsp3) is 0.500. The molecule has 0 saturated carbocycles. The molecule has 1 fully saturated rings. The molecule has 6 heteroatoms. The molecule has 0 aromatic heterocycles. The number of carbonyl (C=O) groups excluding carboxylic acids is 1. The van der Waals surface area contributed by atoms with Gasteiger partial charge in [-0.3, -0.25) is 4.79 Å². The Bertz CT molecular complexity index is 397. The zero-order valence-electron chi connectivity index (χ0n) is 12.0. The average molecular weight is 369 g/mol. The fourth-order valence-electron chi connectivity index (χ4n) is 2.71. The molecule has 1 heterocycles. The van der Waals surface area contributed by atoms with Gasteiger partial charge in [-0.25, -0.2) is 0 Å². The average Bonchev–Trinajstić information content (AvgIpc) is 2.39. The standard InChI is InChI=1S/C14H20N2O.2ClH.Zn/c1-12(17)16(2)14(8-10-15-11-9-14)13-6-4-3-5-7-13;;;/h3-7,15H,8-11H2,1-2H3;2*1H;/q;;;+2/p-2. The van der Waals surface area contributed by atoms with Gasteiger partial charge in [-0.1, -0.05) is 30.3 Å². The molecule has 1 aromatic carbocycles. The summed E-state index contributed by atoms with van der Waals surface area (Å²) in [5.74, 6) is 0.135. The van der Waals surface area contributed by atoms with Crippen LogP contribution < -0.4 is 30.1 Å². The van der Waals surface area contributed by atoms with E-state index in [0.717, 1.165) is 25.9 Å². The topological polar surface area (TPSA) is 32.3 Å². The largest absolute Gasteiger partial charge is 2.00 e. The normalized spacial score (nSPS) is 15.9. The maximum Gasteiger partial charge on any atom is 2.00 e. The van der Waals surface area contributed by atoms with Gasteiger partial charge in [0.15, 0.2) is 0 Å². The first-order valence-electron chi connectivity index (χ1n) is 6.17. The van der Waals surface area contributed by atoms with Gasteiger partial charge in [-0.15, -0.1) is 0 Å². The van der Waals surface area contributed by atoms with Crippen molar-refractivity contribution in [1.29, 1.82) is 0 Å². The van der Waals surface area contributed by atoms with E-state index in [9.17, 15) is 4.79 Å². The van der Waals surface area contributed by atoms with Crippen molar-refractivity contribution in [2.45, 2.75) is 25.3 Å². The van der Waals surface area contributed by atoms with Crippen LogP contribution in [-0.2, 0) is 29.8 Å². The number of piperidine rings is 1. The second-order valence-corrected chi connectivity index (χ2v) is 4.73. The summed E-state index contributed by atoms with van der Waals surface area (Å²) in [7, 11) is 1.92. The van der Waals surface area contributed by atoms with E-state index in [1.807, 2.05) is 30.1 Å². The summed E-state index contributed by atoms with van der Waals surface area (Å²) in [5.41, 5.74) is 1.12. The number of halogens is 2. The Morgan fingerprint density at radius 1 is 1.15 bits per heavy atom. The molecule has 0 bridgehead atoms. The summed E-state index contributed by atoms with van der Waals surface area (Å²) >= 11 is 0. The van der Waals surface area contributed by atoms with Crippen molar-refractivity contribution >= 4 is 5.91 Å². The van der Waals surface area contributed by atoms with E-state index in [-0.39, 0.29) is 55.7 Å². The molecule has 1 aromatic rings. The summed E-state index contributed by atoms with van der Waals surface area (Å²) in [4.78, 5) is 13.6. The first-order chi connectivity index (χ1) is 8.17. The number of hydrogen-bond acceptors (Lipinski definition) is 2. The third-order valence-corrected chi connectivity index (χ3v) is 3.86. The van der Waals surface area contributed by atoms with Crippen LogP contribution in [0, 0.1) is 0 Å². The maximum absolute atomic E-state index is 11.7. The van der Waals surface area contributed by atoms with Crippen LogP contribution in [-0.4, -0.2) is 30.9 Å². The molecular weight excluding hydrogens is 348 g/mol. The third-order valence-electron chi connectivity index (χ3n) is 3.86. The van der Waals surface area contributed by atoms with E-state index >= 15 is 0 Å². The van der Waals surface area contributed by atoms with Gasteiger partial charge >= 0.3 is 19.5 Å². The van der Waals surface area contributed by atoms with Crippen LogP contribution in [0.15, 0.2) is 30.3 Å². The predicted octanol–water partition coefficient (Wildman–Crippen LogP) is -4.25. The van der Waals surface area contributed by atoms with E-state index in [0.29, 0.717) is 0 Å². The van der Waals surface area contributed by atoms with Gasteiger partial charge in [0, 0.05) is 14.0 Å². The van der Waals surface area contributed by atoms with Gasteiger partial charge in [-0.05, 0) is 31.5 Å². The van der Waals surface area contributed by atoms with Gasteiger partial charge in [-0.2, -0.15) is 0 Å². The van der Waals surface area contributed by atoms with Crippen LogP contribution in [0.3, 0.4) is 0 Å². The third kappa shape index (κ3) is 4.42. The number of nitrogens with zero attached hydrogens (tertiary/aromatic N) is 1. The quantitative estimate of drug-likeness (QED) is 0.537. The van der Waals surface area contributed by atoms with Crippen molar-refractivity contribution in [3.63, 3.8) is 0 Å². The minimum absolute atomic E-state index is 0. The van der Waals surface area contributed by atoms with Crippen molar-refractivity contribution in [2.75, 3.05) is 20.1 Å². The van der Waals surface area contributed by atoms with Crippen LogP contribution in [0.2, 0.25) is 0 Å². The second kappa shape index (κ2) is 9.73. The summed E-state index contributed by atoms with van der Waals surface area (Å²) in [6, 6.07) is 10.4. The minimum atomic E-state index is -0.127. The molecule has 2 rings (SSSR count). The monoisotopic (exact) mass is 366 g/mol. The predicted molar refractivity (Wildman–Crippen MR) is 68.7 cm³/mol. The Hall–Kier alpha value is -0.147. The molecule has 20 heavy (non-hydrogen) atoms. The zero-order valence-corrected chi connectivity index (χ0v) is 16.5. The van der Waals surface area contributed by atoms with Gasteiger partial charge in [0.05, 0.1) is 5.54 Å². The molecule has 0 spiro atoms.